The van der Waals surface area contributed by atoms with Crippen LogP contribution in [0.1, 0.15) is 30.4 Å². The van der Waals surface area contributed by atoms with E-state index < -0.39 is 12.2 Å². The molecule has 3 rings (SSSR count). The van der Waals surface area contributed by atoms with E-state index in [0.29, 0.717) is 6.42 Å². The van der Waals surface area contributed by atoms with E-state index in [1.807, 2.05) is 0 Å². The van der Waals surface area contributed by atoms with Crippen molar-refractivity contribution in [3.63, 3.8) is 0 Å². The van der Waals surface area contributed by atoms with Gasteiger partial charge in [-0.3, -0.25) is 9.69 Å². The number of nitrogens with zero attached hydrogens (tertiary/aromatic N) is 1. The second-order valence-corrected chi connectivity index (χ2v) is 6.83. The highest BCUT2D eigenvalue weighted by Gasteiger charge is 2.35. The average molecular weight is 342 g/mol. The minimum Gasteiger partial charge on any atom is -0.390 e. The lowest BCUT2D eigenvalue weighted by atomic mass is 9.97. The summed E-state index contributed by atoms with van der Waals surface area (Å²) in [7, 11) is 0. The Morgan fingerprint density at radius 2 is 2.16 bits per heavy atom. The van der Waals surface area contributed by atoms with Crippen LogP contribution in [0.4, 0.5) is 0 Å². The van der Waals surface area contributed by atoms with Crippen molar-refractivity contribution < 1.29 is 14.6 Å². The number of amides is 1. The lowest BCUT2D eigenvalue weighted by Gasteiger charge is -2.35. The van der Waals surface area contributed by atoms with E-state index >= 15 is 0 Å². The van der Waals surface area contributed by atoms with Crippen LogP contribution in [-0.2, 0) is 22.5 Å². The number of aliphatic hydroxyl groups is 1. The summed E-state index contributed by atoms with van der Waals surface area (Å²) in [5, 5.41) is 12.6. The Balaban J connectivity index is 1.49. The van der Waals surface area contributed by atoms with Gasteiger partial charge in [0.25, 0.3) is 5.91 Å². The van der Waals surface area contributed by atoms with Gasteiger partial charge in [-0.05, 0) is 36.8 Å². The number of carbonyl (C=O) groups excluding carboxylic acids is 1. The number of rotatable bonds is 5. The molecule has 3 atom stereocenters. The maximum Gasteiger partial charge on any atom is 0.252 e. The van der Waals surface area contributed by atoms with Crippen molar-refractivity contribution in [3.8, 4) is 12.3 Å². The third kappa shape index (κ3) is 4.60. The molecule has 0 aromatic heterocycles. The largest absolute Gasteiger partial charge is 0.390 e. The smallest absolute Gasteiger partial charge is 0.252 e. The molecule has 2 N–H and O–H groups in total. The zero-order valence-electron chi connectivity index (χ0n) is 14.5. The summed E-state index contributed by atoms with van der Waals surface area (Å²) >= 11 is 0. The number of benzene rings is 1. The van der Waals surface area contributed by atoms with Crippen molar-refractivity contribution in [2.75, 3.05) is 19.6 Å². The van der Waals surface area contributed by atoms with Gasteiger partial charge in [-0.2, -0.15) is 0 Å². The second-order valence-electron chi connectivity index (χ2n) is 6.83. The van der Waals surface area contributed by atoms with Gasteiger partial charge in [0.1, 0.15) is 0 Å². The first kappa shape index (κ1) is 17.9. The van der Waals surface area contributed by atoms with Gasteiger partial charge in [-0.25, -0.2) is 0 Å². The van der Waals surface area contributed by atoms with Gasteiger partial charge in [-0.1, -0.05) is 30.2 Å². The van der Waals surface area contributed by atoms with E-state index in [1.165, 1.54) is 11.1 Å². The summed E-state index contributed by atoms with van der Waals surface area (Å²) in [4.78, 5) is 14.5. The van der Waals surface area contributed by atoms with Gasteiger partial charge in [0.2, 0.25) is 0 Å². The first-order valence-corrected chi connectivity index (χ1v) is 9.01. The van der Waals surface area contributed by atoms with Gasteiger partial charge in [0, 0.05) is 19.6 Å². The molecule has 1 aromatic rings. The van der Waals surface area contributed by atoms with Crippen molar-refractivity contribution in [1.82, 2.24) is 10.2 Å². The first-order valence-electron chi connectivity index (χ1n) is 9.01. The molecule has 1 fully saturated rings. The number of fused-ring (bicyclic) bond motifs is 1. The maximum absolute atomic E-state index is 12.1. The number of carbonyl (C=O) groups is 1. The van der Waals surface area contributed by atoms with Gasteiger partial charge < -0.3 is 15.2 Å². The Morgan fingerprint density at radius 1 is 1.36 bits per heavy atom. The molecular weight excluding hydrogens is 316 g/mol. The summed E-state index contributed by atoms with van der Waals surface area (Å²) in [5.41, 5.74) is 2.85. The second kappa shape index (κ2) is 8.48. The van der Waals surface area contributed by atoms with E-state index in [2.05, 4.69) is 40.4 Å². The van der Waals surface area contributed by atoms with Crippen LogP contribution in [0.15, 0.2) is 24.3 Å². The van der Waals surface area contributed by atoms with Crippen LogP contribution in [0.5, 0.6) is 0 Å². The van der Waals surface area contributed by atoms with Crippen LogP contribution < -0.4 is 5.32 Å². The summed E-state index contributed by atoms with van der Waals surface area (Å²) < 4.78 is 5.86. The van der Waals surface area contributed by atoms with Gasteiger partial charge >= 0.3 is 0 Å². The molecule has 134 valence electrons. The topological polar surface area (TPSA) is 61.8 Å². The Bertz CT molecular complexity index is 640. The van der Waals surface area contributed by atoms with Crippen molar-refractivity contribution in [3.05, 3.63) is 35.4 Å². The van der Waals surface area contributed by atoms with E-state index in [-0.39, 0.29) is 18.6 Å². The summed E-state index contributed by atoms with van der Waals surface area (Å²) in [6, 6.07) is 8.59. The van der Waals surface area contributed by atoms with Crippen LogP contribution in [0, 0.1) is 12.3 Å². The minimum atomic E-state index is -0.811. The zero-order chi connectivity index (χ0) is 17.6. The normalized spacial score (nSPS) is 26.5. The molecule has 0 aliphatic carbocycles. The number of terminal acetylenes is 1. The maximum atomic E-state index is 12.1. The van der Waals surface area contributed by atoms with E-state index in [4.69, 9.17) is 11.2 Å². The highest BCUT2D eigenvalue weighted by Crippen LogP contribution is 2.24. The van der Waals surface area contributed by atoms with Crippen molar-refractivity contribution in [2.24, 2.45) is 0 Å². The Hall–Kier alpha value is -1.87. The zero-order valence-corrected chi connectivity index (χ0v) is 14.5. The van der Waals surface area contributed by atoms with Gasteiger partial charge in [-0.15, -0.1) is 6.42 Å². The molecule has 0 unspecified atom stereocenters. The number of nitrogens with one attached hydrogen (secondary N) is 1. The van der Waals surface area contributed by atoms with Crippen LogP contribution in [0.2, 0.25) is 0 Å². The molecule has 0 bridgehead atoms. The standard InChI is InChI=1S/C20H26N2O3/c1-2-11-21-20(24)19-18(23)8-7-17(25-19)10-13-22-12-9-15-5-3-4-6-16(15)14-22/h1,3-6,17-19,23H,7-14H2,(H,21,24)/t17-,18-,19+/m0/s1. The third-order valence-electron chi connectivity index (χ3n) is 5.07. The number of aliphatic hydroxyl groups excluding tert-OH is 1. The fraction of sp³-hybridized carbons (Fsp3) is 0.550. The molecule has 2 heterocycles. The quantitative estimate of drug-likeness (QED) is 0.787. The monoisotopic (exact) mass is 342 g/mol. The average Bonchev–Trinajstić information content (AvgIpc) is 2.65. The fourth-order valence-corrected chi connectivity index (χ4v) is 3.63. The lowest BCUT2D eigenvalue weighted by Crippen LogP contribution is -2.49. The van der Waals surface area contributed by atoms with Crippen LogP contribution in [0.3, 0.4) is 0 Å². The fourth-order valence-electron chi connectivity index (χ4n) is 3.63. The molecule has 2 aliphatic heterocycles. The molecule has 1 saturated heterocycles. The van der Waals surface area contributed by atoms with Gasteiger partial charge in [0.15, 0.2) is 6.10 Å². The lowest BCUT2D eigenvalue weighted by molar-refractivity contribution is -0.158. The van der Waals surface area contributed by atoms with Crippen LogP contribution in [0.25, 0.3) is 0 Å². The molecular formula is C20H26N2O3. The SMILES string of the molecule is C#CCNC(=O)[C@@H]1O[C@H](CCN2CCc3ccccc3C2)CC[C@@H]1O. The van der Waals surface area contributed by atoms with E-state index in [9.17, 15) is 9.90 Å². The molecule has 1 aromatic carbocycles. The summed E-state index contributed by atoms with van der Waals surface area (Å²) in [6.07, 6.45) is 6.91. The molecule has 0 radical (unpaired) electrons. The Morgan fingerprint density at radius 3 is 2.96 bits per heavy atom. The van der Waals surface area contributed by atoms with E-state index in [0.717, 1.165) is 38.9 Å². The summed E-state index contributed by atoms with van der Waals surface area (Å²) in [5.74, 6) is 2.05. The highest BCUT2D eigenvalue weighted by molar-refractivity contribution is 5.81. The minimum absolute atomic E-state index is 0.00200. The molecule has 25 heavy (non-hydrogen) atoms. The van der Waals surface area contributed by atoms with Crippen LogP contribution >= 0.6 is 0 Å². The predicted molar refractivity (Wildman–Crippen MR) is 95.8 cm³/mol. The van der Waals surface area contributed by atoms with Crippen molar-refractivity contribution in [2.45, 2.75) is 50.5 Å². The van der Waals surface area contributed by atoms with E-state index in [1.54, 1.807) is 0 Å². The third-order valence-corrected chi connectivity index (χ3v) is 5.07. The van der Waals surface area contributed by atoms with Crippen molar-refractivity contribution in [1.29, 1.82) is 0 Å². The van der Waals surface area contributed by atoms with Crippen molar-refractivity contribution >= 4 is 5.91 Å². The Kier molecular flexibility index (Phi) is 6.09. The van der Waals surface area contributed by atoms with Crippen LogP contribution in [-0.4, -0.2) is 53.9 Å². The number of hydrogen-bond donors (Lipinski definition) is 2. The number of hydrogen-bond acceptors (Lipinski definition) is 4. The Labute approximate surface area is 149 Å². The molecule has 2 aliphatic rings. The molecule has 5 nitrogen and oxygen atoms in total. The predicted octanol–water partition coefficient (Wildman–Crippen LogP) is 1.09. The molecule has 0 saturated carbocycles. The summed E-state index contributed by atoms with van der Waals surface area (Å²) in [6.45, 7) is 3.12. The molecule has 5 heteroatoms. The first-order chi connectivity index (χ1) is 12.2. The van der Waals surface area contributed by atoms with Gasteiger partial charge in [0.05, 0.1) is 18.8 Å². The molecule has 1 amide bonds. The number of ether oxygens (including phenoxy) is 1. The highest BCUT2D eigenvalue weighted by atomic mass is 16.5. The molecule has 0 spiro atoms.